The molecule has 0 saturated carbocycles. The Morgan fingerprint density at radius 1 is 1.00 bits per heavy atom. The van der Waals surface area contributed by atoms with E-state index in [1.807, 2.05) is 27.7 Å². The molecule has 0 spiro atoms. The third-order valence-corrected chi connectivity index (χ3v) is 5.89. The fourth-order valence-electron chi connectivity index (χ4n) is 1.54. The predicted octanol–water partition coefficient (Wildman–Crippen LogP) is 3.23. The molecule has 0 bridgehead atoms. The van der Waals surface area contributed by atoms with Gasteiger partial charge in [0.05, 0.1) is 0 Å². The van der Waals surface area contributed by atoms with Gasteiger partial charge in [-0.1, -0.05) is 25.2 Å². The molecule has 0 saturated heterocycles. The molecule has 0 aromatic heterocycles. The lowest BCUT2D eigenvalue weighted by Gasteiger charge is -2.38. The summed E-state index contributed by atoms with van der Waals surface area (Å²) in [5.41, 5.74) is -1.47. The van der Waals surface area contributed by atoms with Crippen LogP contribution >= 0.6 is 0 Å². The van der Waals surface area contributed by atoms with E-state index in [9.17, 15) is 0 Å². The molecule has 0 aromatic rings. The first kappa shape index (κ1) is 18.2. The standard InChI is InChI=1S/C15H26O3Si/c1-9-12-13-19(16-8,17-14(4,5)10-2)18-15(6,7)11-3/h2-3H,9,12-13H2,1,4-8H3. The molecule has 0 aliphatic heterocycles. The van der Waals surface area contributed by atoms with Gasteiger partial charge in [-0.05, 0) is 34.1 Å². The summed E-state index contributed by atoms with van der Waals surface area (Å²) in [5.74, 6) is 5.22. The molecule has 19 heavy (non-hydrogen) atoms. The fourth-order valence-corrected chi connectivity index (χ4v) is 4.61. The maximum atomic E-state index is 6.03. The Morgan fingerprint density at radius 3 is 1.68 bits per heavy atom. The zero-order valence-electron chi connectivity index (χ0n) is 13.0. The molecule has 0 radical (unpaired) electrons. The summed E-state index contributed by atoms with van der Waals surface area (Å²) in [6, 6.07) is 0.705. The van der Waals surface area contributed by atoms with Crippen molar-refractivity contribution in [1.82, 2.24) is 0 Å². The third-order valence-electron chi connectivity index (χ3n) is 2.66. The zero-order valence-corrected chi connectivity index (χ0v) is 14.0. The molecule has 0 rings (SSSR count). The molecular weight excluding hydrogens is 256 g/mol. The van der Waals surface area contributed by atoms with Gasteiger partial charge in [0.1, 0.15) is 11.2 Å². The monoisotopic (exact) mass is 282 g/mol. The van der Waals surface area contributed by atoms with Gasteiger partial charge in [0.15, 0.2) is 0 Å². The van der Waals surface area contributed by atoms with E-state index in [4.69, 9.17) is 26.1 Å². The minimum atomic E-state index is -2.89. The molecule has 0 aliphatic rings. The van der Waals surface area contributed by atoms with Crippen molar-refractivity contribution >= 4 is 8.80 Å². The second-order valence-corrected chi connectivity index (χ2v) is 8.19. The van der Waals surface area contributed by atoms with Crippen LogP contribution in [0.25, 0.3) is 0 Å². The molecule has 0 fully saturated rings. The van der Waals surface area contributed by atoms with Gasteiger partial charge in [-0.2, -0.15) is 0 Å². The van der Waals surface area contributed by atoms with E-state index in [0.29, 0.717) is 6.04 Å². The quantitative estimate of drug-likeness (QED) is 0.505. The van der Waals surface area contributed by atoms with Crippen LogP contribution in [0.15, 0.2) is 0 Å². The second kappa shape index (κ2) is 7.12. The van der Waals surface area contributed by atoms with E-state index < -0.39 is 20.0 Å². The number of hydrogen-bond donors (Lipinski definition) is 0. The summed E-state index contributed by atoms with van der Waals surface area (Å²) >= 11 is 0. The molecule has 0 amide bonds. The van der Waals surface area contributed by atoms with E-state index >= 15 is 0 Å². The van der Waals surface area contributed by atoms with Crippen LogP contribution in [-0.2, 0) is 13.3 Å². The highest BCUT2D eigenvalue weighted by Crippen LogP contribution is 2.28. The Bertz CT molecular complexity index is 333. The van der Waals surface area contributed by atoms with Crippen LogP contribution < -0.4 is 0 Å². The maximum Gasteiger partial charge on any atom is 0.502 e. The lowest BCUT2D eigenvalue weighted by atomic mass is 10.2. The van der Waals surface area contributed by atoms with Gasteiger partial charge in [0.25, 0.3) is 0 Å². The smallest absolute Gasteiger partial charge is 0.377 e. The van der Waals surface area contributed by atoms with Crippen LogP contribution in [0.4, 0.5) is 0 Å². The predicted molar refractivity (Wildman–Crippen MR) is 80.5 cm³/mol. The van der Waals surface area contributed by atoms with Crippen LogP contribution in [0, 0.1) is 24.7 Å². The Hall–Kier alpha value is -0.783. The molecule has 0 aliphatic carbocycles. The Morgan fingerprint density at radius 2 is 1.42 bits per heavy atom. The Kier molecular flexibility index (Phi) is 6.83. The summed E-state index contributed by atoms with van der Waals surface area (Å²) in [5, 5.41) is 0. The van der Waals surface area contributed by atoms with Crippen LogP contribution in [0.5, 0.6) is 0 Å². The number of unbranched alkanes of at least 4 members (excludes halogenated alkanes) is 1. The molecular formula is C15H26O3Si. The number of hydrogen-bond acceptors (Lipinski definition) is 3. The van der Waals surface area contributed by atoms with E-state index in [-0.39, 0.29) is 0 Å². The number of terminal acetylenes is 2. The summed E-state index contributed by atoms with van der Waals surface area (Å²) in [7, 11) is -1.29. The zero-order chi connectivity index (χ0) is 15.2. The molecule has 3 nitrogen and oxygen atoms in total. The van der Waals surface area contributed by atoms with Crippen LogP contribution in [0.1, 0.15) is 47.5 Å². The van der Waals surface area contributed by atoms with Crippen molar-refractivity contribution in [2.45, 2.75) is 64.7 Å². The van der Waals surface area contributed by atoms with E-state index in [1.54, 1.807) is 7.11 Å². The van der Waals surface area contributed by atoms with Gasteiger partial charge in [-0.15, -0.1) is 12.8 Å². The molecule has 0 unspecified atom stereocenters. The van der Waals surface area contributed by atoms with Gasteiger partial charge in [-0.25, -0.2) is 0 Å². The van der Waals surface area contributed by atoms with Crippen molar-refractivity contribution in [3.63, 3.8) is 0 Å². The highest BCUT2D eigenvalue weighted by Gasteiger charge is 2.47. The minimum absolute atomic E-state index is 0.705. The third kappa shape index (κ3) is 6.27. The van der Waals surface area contributed by atoms with Crippen molar-refractivity contribution in [1.29, 1.82) is 0 Å². The summed E-state index contributed by atoms with van der Waals surface area (Å²) in [4.78, 5) is 0. The average Bonchev–Trinajstić information content (AvgIpc) is 2.35. The van der Waals surface area contributed by atoms with Crippen molar-refractivity contribution in [2.24, 2.45) is 0 Å². The molecule has 0 heterocycles. The Balaban J connectivity index is 5.22. The fraction of sp³-hybridized carbons (Fsp3) is 0.733. The minimum Gasteiger partial charge on any atom is -0.377 e. The highest BCUT2D eigenvalue weighted by atomic mass is 28.4. The first-order valence-electron chi connectivity index (χ1n) is 6.57. The van der Waals surface area contributed by atoms with Crippen molar-refractivity contribution in [2.75, 3.05) is 7.11 Å². The van der Waals surface area contributed by atoms with Crippen molar-refractivity contribution < 1.29 is 13.3 Å². The number of rotatable bonds is 8. The van der Waals surface area contributed by atoms with Crippen molar-refractivity contribution in [3.05, 3.63) is 0 Å². The summed E-state index contributed by atoms with van der Waals surface area (Å²) in [6.07, 6.45) is 12.9. The first-order valence-corrected chi connectivity index (χ1v) is 8.50. The van der Waals surface area contributed by atoms with Crippen LogP contribution in [0.2, 0.25) is 6.04 Å². The van der Waals surface area contributed by atoms with Gasteiger partial charge in [0.2, 0.25) is 0 Å². The molecule has 4 heteroatoms. The van der Waals surface area contributed by atoms with Gasteiger partial charge in [0, 0.05) is 13.2 Å². The molecule has 0 atom stereocenters. The van der Waals surface area contributed by atoms with Crippen LogP contribution in [-0.4, -0.2) is 27.1 Å². The largest absolute Gasteiger partial charge is 0.502 e. The lowest BCUT2D eigenvalue weighted by Crippen LogP contribution is -2.54. The second-order valence-electron chi connectivity index (χ2n) is 5.50. The van der Waals surface area contributed by atoms with Gasteiger partial charge < -0.3 is 13.3 Å². The molecule has 0 aromatic carbocycles. The maximum absolute atomic E-state index is 6.03. The molecule has 0 N–H and O–H groups in total. The SMILES string of the molecule is C#CC(C)(C)O[Si](CCCC)(OC)OC(C)(C)C#C. The molecule has 108 valence electrons. The normalized spacial score (nSPS) is 12.8. The lowest BCUT2D eigenvalue weighted by molar-refractivity contribution is -0.0110. The van der Waals surface area contributed by atoms with Crippen LogP contribution in [0.3, 0.4) is 0 Å². The topological polar surface area (TPSA) is 27.7 Å². The highest BCUT2D eigenvalue weighted by molar-refractivity contribution is 6.61. The average molecular weight is 282 g/mol. The van der Waals surface area contributed by atoms with Gasteiger partial charge in [-0.3, -0.25) is 0 Å². The van der Waals surface area contributed by atoms with E-state index in [1.165, 1.54) is 0 Å². The summed E-state index contributed by atoms with van der Waals surface area (Å²) < 4.78 is 17.7. The summed E-state index contributed by atoms with van der Waals surface area (Å²) in [6.45, 7) is 9.41. The van der Waals surface area contributed by atoms with Gasteiger partial charge >= 0.3 is 8.80 Å². The van der Waals surface area contributed by atoms with E-state index in [2.05, 4.69) is 18.8 Å². The first-order chi connectivity index (χ1) is 8.66. The van der Waals surface area contributed by atoms with E-state index in [0.717, 1.165) is 12.8 Å². The Labute approximate surface area is 119 Å². The van der Waals surface area contributed by atoms with Crippen molar-refractivity contribution in [3.8, 4) is 24.7 Å².